The maximum Gasteiger partial charge on any atom is 0.254 e. The smallest absolute Gasteiger partial charge is 0.254 e. The summed E-state index contributed by atoms with van der Waals surface area (Å²) in [6.07, 6.45) is 1.47. The second kappa shape index (κ2) is 6.55. The van der Waals surface area contributed by atoms with E-state index in [1.54, 1.807) is 23.1 Å². The van der Waals surface area contributed by atoms with Gasteiger partial charge in [-0.2, -0.15) is 0 Å². The molecule has 1 amide bonds. The van der Waals surface area contributed by atoms with Crippen LogP contribution in [0.4, 0.5) is 16.0 Å². The second-order valence-electron chi connectivity index (χ2n) is 6.09. The molecule has 0 radical (unpaired) electrons. The summed E-state index contributed by atoms with van der Waals surface area (Å²) in [5.74, 6) is 0.618. The number of piperazine rings is 1. The number of fused-ring (bicyclic) bond motifs is 1. The Hall–Kier alpha value is -3.29. The first-order valence-corrected chi connectivity index (χ1v) is 8.29. The zero-order valence-corrected chi connectivity index (χ0v) is 14.0. The van der Waals surface area contributed by atoms with Crippen molar-refractivity contribution in [3.63, 3.8) is 0 Å². The summed E-state index contributed by atoms with van der Waals surface area (Å²) in [7, 11) is 0. The van der Waals surface area contributed by atoms with Crippen molar-refractivity contribution in [2.24, 2.45) is 0 Å². The van der Waals surface area contributed by atoms with Crippen LogP contribution in [0.25, 0.3) is 11.0 Å². The lowest BCUT2D eigenvalue weighted by atomic mass is 10.1. The van der Waals surface area contributed by atoms with Crippen LogP contribution in [-0.2, 0) is 0 Å². The van der Waals surface area contributed by atoms with Crippen molar-refractivity contribution in [3.8, 4) is 0 Å². The number of aromatic nitrogens is 3. The number of hydrogen-bond acceptors (Lipinski definition) is 6. The van der Waals surface area contributed by atoms with Gasteiger partial charge in [0.05, 0.1) is 5.39 Å². The molecule has 3 aromatic rings. The van der Waals surface area contributed by atoms with E-state index in [1.807, 2.05) is 6.07 Å². The van der Waals surface area contributed by atoms with Gasteiger partial charge in [0, 0.05) is 31.7 Å². The van der Waals surface area contributed by atoms with Gasteiger partial charge in [0.1, 0.15) is 23.8 Å². The topological polar surface area (TPSA) is 88.2 Å². The standard InChI is InChI=1S/C18H17FN6O/c19-13-3-1-2-12(10-13)18(26)25-8-6-24(7-9-25)17-14-4-5-15(20)23-16(14)21-11-22-17/h1-5,10-11H,6-9H2,(H2,20,21,22,23). The van der Waals surface area contributed by atoms with Crippen LogP contribution in [-0.4, -0.2) is 51.9 Å². The van der Waals surface area contributed by atoms with E-state index in [0.717, 1.165) is 11.2 Å². The molecular weight excluding hydrogens is 335 g/mol. The number of hydrogen-bond donors (Lipinski definition) is 1. The first-order valence-electron chi connectivity index (χ1n) is 8.29. The van der Waals surface area contributed by atoms with Gasteiger partial charge in [0.25, 0.3) is 5.91 Å². The minimum Gasteiger partial charge on any atom is -0.384 e. The Labute approximate surface area is 149 Å². The lowest BCUT2D eigenvalue weighted by Gasteiger charge is -2.35. The lowest BCUT2D eigenvalue weighted by molar-refractivity contribution is 0.0746. The molecule has 0 saturated carbocycles. The first-order chi connectivity index (χ1) is 12.6. The monoisotopic (exact) mass is 352 g/mol. The molecule has 1 aromatic carbocycles. The highest BCUT2D eigenvalue weighted by Gasteiger charge is 2.24. The van der Waals surface area contributed by atoms with Crippen molar-refractivity contribution in [1.29, 1.82) is 0 Å². The Bertz CT molecular complexity index is 971. The predicted octanol–water partition coefficient (Wildman–Crippen LogP) is 1.71. The number of anilines is 2. The summed E-state index contributed by atoms with van der Waals surface area (Å²) in [6, 6.07) is 9.35. The normalized spacial score (nSPS) is 14.7. The number of halogens is 1. The summed E-state index contributed by atoms with van der Waals surface area (Å²) in [4.78, 5) is 29.1. The largest absolute Gasteiger partial charge is 0.384 e. The van der Waals surface area contributed by atoms with Crippen molar-refractivity contribution in [3.05, 3.63) is 54.1 Å². The number of carbonyl (C=O) groups is 1. The van der Waals surface area contributed by atoms with Gasteiger partial charge in [0.2, 0.25) is 0 Å². The molecule has 132 valence electrons. The Morgan fingerprint density at radius 1 is 1.08 bits per heavy atom. The second-order valence-corrected chi connectivity index (χ2v) is 6.09. The quantitative estimate of drug-likeness (QED) is 0.755. The minimum atomic E-state index is -0.409. The van der Waals surface area contributed by atoms with Crippen molar-refractivity contribution in [1.82, 2.24) is 19.9 Å². The minimum absolute atomic E-state index is 0.161. The van der Waals surface area contributed by atoms with E-state index < -0.39 is 5.82 Å². The SMILES string of the molecule is Nc1ccc2c(N3CCN(C(=O)c4cccc(F)c4)CC3)ncnc2n1. The Morgan fingerprint density at radius 3 is 2.65 bits per heavy atom. The number of nitrogens with two attached hydrogens (primary N) is 1. The molecule has 0 atom stereocenters. The number of rotatable bonds is 2. The Balaban J connectivity index is 1.51. The fraction of sp³-hybridized carbons (Fsp3) is 0.222. The van der Waals surface area contributed by atoms with E-state index in [-0.39, 0.29) is 5.91 Å². The van der Waals surface area contributed by atoms with Gasteiger partial charge in [-0.05, 0) is 30.3 Å². The number of carbonyl (C=O) groups excluding carboxylic acids is 1. The van der Waals surface area contributed by atoms with E-state index in [4.69, 9.17) is 5.73 Å². The fourth-order valence-electron chi connectivity index (χ4n) is 3.12. The third-order valence-corrected chi connectivity index (χ3v) is 4.44. The predicted molar refractivity (Wildman–Crippen MR) is 96.3 cm³/mol. The van der Waals surface area contributed by atoms with E-state index in [0.29, 0.717) is 43.2 Å². The number of nitrogen functional groups attached to an aromatic ring is 1. The number of amides is 1. The van der Waals surface area contributed by atoms with Crippen LogP contribution >= 0.6 is 0 Å². The summed E-state index contributed by atoms with van der Waals surface area (Å²) in [6.45, 7) is 2.31. The third-order valence-electron chi connectivity index (χ3n) is 4.44. The van der Waals surface area contributed by atoms with E-state index in [2.05, 4.69) is 19.9 Å². The van der Waals surface area contributed by atoms with Gasteiger partial charge in [-0.15, -0.1) is 0 Å². The van der Waals surface area contributed by atoms with E-state index in [9.17, 15) is 9.18 Å². The molecule has 1 aliphatic heterocycles. The molecular formula is C18H17FN6O. The third kappa shape index (κ3) is 3.01. The lowest BCUT2D eigenvalue weighted by Crippen LogP contribution is -2.49. The summed E-state index contributed by atoms with van der Waals surface area (Å²) < 4.78 is 13.3. The number of nitrogens with zero attached hydrogens (tertiary/aromatic N) is 5. The summed E-state index contributed by atoms with van der Waals surface area (Å²) in [5, 5.41) is 0.826. The molecule has 2 aromatic heterocycles. The van der Waals surface area contributed by atoms with Gasteiger partial charge in [-0.25, -0.2) is 19.3 Å². The zero-order chi connectivity index (χ0) is 18.1. The van der Waals surface area contributed by atoms with Crippen LogP contribution < -0.4 is 10.6 Å². The van der Waals surface area contributed by atoms with Gasteiger partial charge in [-0.3, -0.25) is 4.79 Å². The first kappa shape index (κ1) is 16.2. The highest BCUT2D eigenvalue weighted by molar-refractivity contribution is 5.94. The van der Waals surface area contributed by atoms with Crippen molar-refractivity contribution < 1.29 is 9.18 Å². The van der Waals surface area contributed by atoms with Gasteiger partial charge >= 0.3 is 0 Å². The van der Waals surface area contributed by atoms with Crippen molar-refractivity contribution >= 4 is 28.6 Å². The van der Waals surface area contributed by atoms with Crippen LogP contribution in [0.15, 0.2) is 42.7 Å². The number of benzene rings is 1. The van der Waals surface area contributed by atoms with Crippen LogP contribution in [0.3, 0.4) is 0 Å². The van der Waals surface area contributed by atoms with Crippen LogP contribution in [0.1, 0.15) is 10.4 Å². The molecule has 1 aliphatic rings. The molecule has 26 heavy (non-hydrogen) atoms. The molecule has 8 heteroatoms. The van der Waals surface area contributed by atoms with E-state index in [1.165, 1.54) is 18.5 Å². The molecule has 3 heterocycles. The van der Waals surface area contributed by atoms with Crippen LogP contribution in [0, 0.1) is 5.82 Å². The van der Waals surface area contributed by atoms with Crippen molar-refractivity contribution in [2.45, 2.75) is 0 Å². The average Bonchev–Trinajstić information content (AvgIpc) is 2.67. The summed E-state index contributed by atoms with van der Waals surface area (Å²) in [5.41, 5.74) is 6.63. The Morgan fingerprint density at radius 2 is 1.88 bits per heavy atom. The maximum absolute atomic E-state index is 13.3. The molecule has 2 N–H and O–H groups in total. The van der Waals surface area contributed by atoms with Crippen molar-refractivity contribution in [2.75, 3.05) is 36.8 Å². The molecule has 1 fully saturated rings. The highest BCUT2D eigenvalue weighted by atomic mass is 19.1. The van der Waals surface area contributed by atoms with E-state index >= 15 is 0 Å². The molecule has 0 unspecified atom stereocenters. The highest BCUT2D eigenvalue weighted by Crippen LogP contribution is 2.24. The fourth-order valence-corrected chi connectivity index (χ4v) is 3.12. The van der Waals surface area contributed by atoms with Gasteiger partial charge in [0.15, 0.2) is 5.65 Å². The summed E-state index contributed by atoms with van der Waals surface area (Å²) >= 11 is 0. The molecule has 0 bridgehead atoms. The molecule has 7 nitrogen and oxygen atoms in total. The van der Waals surface area contributed by atoms with Crippen LogP contribution in [0.5, 0.6) is 0 Å². The molecule has 4 rings (SSSR count). The number of pyridine rings is 1. The average molecular weight is 352 g/mol. The molecule has 0 spiro atoms. The maximum atomic E-state index is 13.3. The van der Waals surface area contributed by atoms with Gasteiger partial charge in [-0.1, -0.05) is 6.07 Å². The zero-order valence-electron chi connectivity index (χ0n) is 14.0. The Kier molecular flexibility index (Phi) is 4.08. The van der Waals surface area contributed by atoms with Gasteiger partial charge < -0.3 is 15.5 Å². The molecule has 1 saturated heterocycles. The van der Waals surface area contributed by atoms with Crippen LogP contribution in [0.2, 0.25) is 0 Å². The molecule has 0 aliphatic carbocycles.